The summed E-state index contributed by atoms with van der Waals surface area (Å²) in [4.78, 5) is 10.4. The molecule has 0 saturated carbocycles. The number of carboxylic acid groups (broad SMARTS) is 1. The van der Waals surface area contributed by atoms with E-state index in [0.717, 1.165) is 32.1 Å². The van der Waals surface area contributed by atoms with Gasteiger partial charge in [0.15, 0.2) is 0 Å². The first kappa shape index (κ1) is 16.5. The minimum atomic E-state index is -0.714. The van der Waals surface area contributed by atoms with E-state index in [2.05, 4.69) is 12.2 Å². The number of carbonyl (C=O) groups is 1. The summed E-state index contributed by atoms with van der Waals surface area (Å²) in [5, 5.41) is 17.5. The van der Waals surface area contributed by atoms with E-state index in [9.17, 15) is 4.79 Å². The fourth-order valence-corrected chi connectivity index (χ4v) is 3.83. The molecule has 2 bridgehead atoms. The van der Waals surface area contributed by atoms with Crippen LogP contribution in [0, 0.1) is 11.8 Å². The summed E-state index contributed by atoms with van der Waals surface area (Å²) in [5.41, 5.74) is 0. The first-order chi connectivity index (χ1) is 10.2. The van der Waals surface area contributed by atoms with Gasteiger partial charge in [0.25, 0.3) is 0 Å². The lowest BCUT2D eigenvalue weighted by Gasteiger charge is -2.27. The van der Waals surface area contributed by atoms with Gasteiger partial charge in [0.05, 0.1) is 12.2 Å². The first-order valence-corrected chi connectivity index (χ1v) is 8.35. The van der Waals surface area contributed by atoms with Gasteiger partial charge in [-0.25, -0.2) is 0 Å². The second kappa shape index (κ2) is 8.54. The van der Waals surface area contributed by atoms with Crippen LogP contribution >= 0.6 is 0 Å². The van der Waals surface area contributed by atoms with Crippen LogP contribution in [-0.2, 0) is 9.53 Å². The molecule has 2 aliphatic rings. The molecule has 2 fully saturated rings. The molecule has 2 heterocycles. The van der Waals surface area contributed by atoms with Crippen LogP contribution in [0.15, 0.2) is 12.2 Å². The number of fused-ring (bicyclic) bond motifs is 2. The molecule has 21 heavy (non-hydrogen) atoms. The Hall–Kier alpha value is -0.870. The summed E-state index contributed by atoms with van der Waals surface area (Å²) in [6.45, 7) is 0.288. The number of aliphatic hydroxyl groups is 1. The molecule has 2 aliphatic heterocycles. The van der Waals surface area contributed by atoms with Crippen molar-refractivity contribution < 1.29 is 19.7 Å². The number of rotatable bonds is 10. The summed E-state index contributed by atoms with van der Waals surface area (Å²) in [6, 6.07) is 0. The molecule has 0 aromatic heterocycles. The molecule has 2 saturated heterocycles. The lowest BCUT2D eigenvalue weighted by atomic mass is 9.75. The Bertz CT molecular complexity index is 353. The zero-order valence-electron chi connectivity index (χ0n) is 12.7. The number of ether oxygens (including phenoxy) is 1. The Morgan fingerprint density at radius 2 is 1.86 bits per heavy atom. The summed E-state index contributed by atoms with van der Waals surface area (Å²) in [5.74, 6) is 0.561. The second-order valence-corrected chi connectivity index (χ2v) is 6.33. The summed E-state index contributed by atoms with van der Waals surface area (Å²) >= 11 is 0. The molecule has 0 amide bonds. The number of allylic oxidation sites excluding steroid dienone is 2. The van der Waals surface area contributed by atoms with Gasteiger partial charge < -0.3 is 14.9 Å². The third-order valence-electron chi connectivity index (χ3n) is 4.87. The number of aliphatic carboxylic acids is 1. The molecule has 2 N–H and O–H groups in total. The van der Waals surface area contributed by atoms with Gasteiger partial charge in [-0.05, 0) is 56.8 Å². The van der Waals surface area contributed by atoms with Gasteiger partial charge in [0.2, 0.25) is 0 Å². The molecular formula is C17H28O4. The maximum absolute atomic E-state index is 10.4. The standard InChI is InChI=1S/C17H28O4/c18-12-6-5-8-14-13(15-10-11-16(14)21-15)7-3-1-2-4-9-17(19)20/h1,3,13-16,18H,2,4-12H2,(H,19,20)/t13-,14+,15-,16+/m1/s1. The van der Waals surface area contributed by atoms with Crippen molar-refractivity contribution in [2.24, 2.45) is 11.8 Å². The normalized spacial score (nSPS) is 31.3. The van der Waals surface area contributed by atoms with E-state index in [4.69, 9.17) is 14.9 Å². The Morgan fingerprint density at radius 1 is 1.10 bits per heavy atom. The second-order valence-electron chi connectivity index (χ2n) is 6.33. The molecule has 2 rings (SSSR count). The van der Waals surface area contributed by atoms with Crippen LogP contribution < -0.4 is 0 Å². The van der Waals surface area contributed by atoms with E-state index >= 15 is 0 Å². The fourth-order valence-electron chi connectivity index (χ4n) is 3.83. The maximum Gasteiger partial charge on any atom is 0.303 e. The molecule has 4 heteroatoms. The van der Waals surface area contributed by atoms with Crippen molar-refractivity contribution in [3.63, 3.8) is 0 Å². The van der Waals surface area contributed by atoms with Gasteiger partial charge >= 0.3 is 5.97 Å². The van der Waals surface area contributed by atoms with Gasteiger partial charge in [-0.1, -0.05) is 18.6 Å². The van der Waals surface area contributed by atoms with E-state index in [1.807, 2.05) is 0 Å². The lowest BCUT2D eigenvalue weighted by molar-refractivity contribution is -0.137. The van der Waals surface area contributed by atoms with Crippen molar-refractivity contribution in [1.29, 1.82) is 0 Å². The summed E-state index contributed by atoms with van der Waals surface area (Å²) in [7, 11) is 0. The number of hydrogen-bond acceptors (Lipinski definition) is 3. The number of aliphatic hydroxyl groups excluding tert-OH is 1. The van der Waals surface area contributed by atoms with E-state index in [1.165, 1.54) is 19.3 Å². The molecule has 0 aromatic rings. The molecule has 0 unspecified atom stereocenters. The van der Waals surface area contributed by atoms with Crippen molar-refractivity contribution in [3.8, 4) is 0 Å². The predicted octanol–water partition coefficient (Wildman–Crippen LogP) is 3.14. The van der Waals surface area contributed by atoms with Crippen LogP contribution in [0.1, 0.15) is 57.8 Å². The first-order valence-electron chi connectivity index (χ1n) is 8.35. The third-order valence-corrected chi connectivity index (χ3v) is 4.87. The molecule has 0 spiro atoms. The Morgan fingerprint density at radius 3 is 2.57 bits per heavy atom. The monoisotopic (exact) mass is 296 g/mol. The maximum atomic E-state index is 10.4. The highest BCUT2D eigenvalue weighted by Gasteiger charge is 2.47. The minimum Gasteiger partial charge on any atom is -0.481 e. The van der Waals surface area contributed by atoms with Crippen LogP contribution in [0.2, 0.25) is 0 Å². The van der Waals surface area contributed by atoms with Gasteiger partial charge in [0.1, 0.15) is 0 Å². The van der Waals surface area contributed by atoms with Crippen LogP contribution in [0.3, 0.4) is 0 Å². The molecule has 120 valence electrons. The number of hydrogen-bond donors (Lipinski definition) is 2. The molecule has 4 nitrogen and oxygen atoms in total. The summed E-state index contributed by atoms with van der Waals surface area (Å²) < 4.78 is 6.06. The fraction of sp³-hybridized carbons (Fsp3) is 0.824. The van der Waals surface area contributed by atoms with E-state index < -0.39 is 5.97 Å². The zero-order chi connectivity index (χ0) is 15.1. The van der Waals surface area contributed by atoms with Crippen molar-refractivity contribution in [1.82, 2.24) is 0 Å². The molecule has 4 atom stereocenters. The van der Waals surface area contributed by atoms with E-state index in [0.29, 0.717) is 24.0 Å². The Labute approximate surface area is 127 Å². The third kappa shape index (κ3) is 4.82. The molecule has 0 radical (unpaired) electrons. The van der Waals surface area contributed by atoms with Crippen LogP contribution in [0.25, 0.3) is 0 Å². The molecular weight excluding hydrogens is 268 g/mol. The Balaban J connectivity index is 1.72. The average Bonchev–Trinajstić information content (AvgIpc) is 3.04. The van der Waals surface area contributed by atoms with Crippen molar-refractivity contribution >= 4 is 5.97 Å². The van der Waals surface area contributed by atoms with Crippen LogP contribution in [0.5, 0.6) is 0 Å². The van der Waals surface area contributed by atoms with Gasteiger partial charge in [-0.2, -0.15) is 0 Å². The summed E-state index contributed by atoms with van der Waals surface area (Å²) in [6.07, 6.45) is 13.6. The number of carboxylic acids is 1. The van der Waals surface area contributed by atoms with Gasteiger partial charge in [0, 0.05) is 13.0 Å². The highest BCUT2D eigenvalue weighted by molar-refractivity contribution is 5.66. The van der Waals surface area contributed by atoms with Crippen LogP contribution in [-0.4, -0.2) is 35.0 Å². The highest BCUT2D eigenvalue weighted by atomic mass is 16.5. The molecule has 0 aliphatic carbocycles. The predicted molar refractivity (Wildman–Crippen MR) is 81.1 cm³/mol. The quantitative estimate of drug-likeness (QED) is 0.480. The number of unbranched alkanes of at least 4 members (excludes halogenated alkanes) is 2. The van der Waals surface area contributed by atoms with E-state index in [1.54, 1.807) is 0 Å². The highest BCUT2D eigenvalue weighted by Crippen LogP contribution is 2.47. The molecule has 0 aromatic carbocycles. The van der Waals surface area contributed by atoms with Crippen molar-refractivity contribution in [2.45, 2.75) is 70.0 Å². The van der Waals surface area contributed by atoms with Crippen molar-refractivity contribution in [2.75, 3.05) is 6.61 Å². The topological polar surface area (TPSA) is 66.8 Å². The van der Waals surface area contributed by atoms with E-state index in [-0.39, 0.29) is 13.0 Å². The minimum absolute atomic E-state index is 0.255. The average molecular weight is 296 g/mol. The smallest absolute Gasteiger partial charge is 0.303 e. The lowest BCUT2D eigenvalue weighted by Crippen LogP contribution is -2.26. The largest absolute Gasteiger partial charge is 0.481 e. The van der Waals surface area contributed by atoms with Gasteiger partial charge in [-0.3, -0.25) is 4.79 Å². The van der Waals surface area contributed by atoms with Gasteiger partial charge in [-0.15, -0.1) is 0 Å². The Kier molecular flexibility index (Phi) is 6.71. The van der Waals surface area contributed by atoms with Crippen molar-refractivity contribution in [3.05, 3.63) is 12.2 Å². The zero-order valence-corrected chi connectivity index (χ0v) is 12.7. The SMILES string of the molecule is O=C(O)CCCC=CC[C@@H]1[C@H](CCCCO)[C@@H]2CC[C@H]1O2. The van der Waals surface area contributed by atoms with Crippen LogP contribution in [0.4, 0.5) is 0 Å².